The third kappa shape index (κ3) is 4.23. The summed E-state index contributed by atoms with van der Waals surface area (Å²) in [6.07, 6.45) is 5.05. The summed E-state index contributed by atoms with van der Waals surface area (Å²) in [4.78, 5) is 11.9. The molecule has 0 aliphatic heterocycles. The van der Waals surface area contributed by atoms with Crippen LogP contribution in [0.25, 0.3) is 0 Å². The molecule has 1 fully saturated rings. The topological polar surface area (TPSA) is 58.6 Å². The fraction of sp³-hybridized carbons (Fsp3) is 0.562. The number of aliphatic hydroxyl groups excluding tert-OH is 1. The standard InChI is InChI=1S/C16H23NO3/c18-13-16(10-4-5-11-16)17-15(19)9-6-12-20-14-7-2-1-3-8-14/h1-3,7-8,18H,4-6,9-13H2,(H,17,19). The van der Waals surface area contributed by atoms with E-state index < -0.39 is 0 Å². The average molecular weight is 277 g/mol. The highest BCUT2D eigenvalue weighted by molar-refractivity contribution is 5.76. The Morgan fingerprint density at radius 2 is 1.95 bits per heavy atom. The van der Waals surface area contributed by atoms with E-state index in [9.17, 15) is 9.90 Å². The van der Waals surface area contributed by atoms with Crippen molar-refractivity contribution in [3.05, 3.63) is 30.3 Å². The zero-order chi connectivity index (χ0) is 14.3. The van der Waals surface area contributed by atoms with Gasteiger partial charge in [-0.2, -0.15) is 0 Å². The molecule has 1 amide bonds. The molecular formula is C16H23NO3. The summed E-state index contributed by atoms with van der Waals surface area (Å²) in [7, 11) is 0. The van der Waals surface area contributed by atoms with E-state index in [2.05, 4.69) is 5.32 Å². The molecule has 0 radical (unpaired) electrons. The van der Waals surface area contributed by atoms with Crippen molar-refractivity contribution in [2.75, 3.05) is 13.2 Å². The van der Waals surface area contributed by atoms with Gasteiger partial charge in [0.05, 0.1) is 18.8 Å². The summed E-state index contributed by atoms with van der Waals surface area (Å²) < 4.78 is 5.55. The van der Waals surface area contributed by atoms with Crippen molar-refractivity contribution in [3.8, 4) is 5.75 Å². The molecular weight excluding hydrogens is 254 g/mol. The second kappa shape index (κ2) is 7.29. The van der Waals surface area contributed by atoms with Crippen LogP contribution in [0.3, 0.4) is 0 Å². The van der Waals surface area contributed by atoms with Gasteiger partial charge in [0.25, 0.3) is 0 Å². The molecule has 110 valence electrons. The summed E-state index contributed by atoms with van der Waals surface area (Å²) >= 11 is 0. The number of hydrogen-bond donors (Lipinski definition) is 2. The van der Waals surface area contributed by atoms with Gasteiger partial charge in [-0.3, -0.25) is 4.79 Å². The fourth-order valence-electron chi connectivity index (χ4n) is 2.67. The van der Waals surface area contributed by atoms with Crippen molar-refractivity contribution < 1.29 is 14.6 Å². The quantitative estimate of drug-likeness (QED) is 0.752. The van der Waals surface area contributed by atoms with Gasteiger partial charge in [0, 0.05) is 6.42 Å². The largest absolute Gasteiger partial charge is 0.494 e. The molecule has 2 rings (SSSR count). The van der Waals surface area contributed by atoms with Crippen molar-refractivity contribution in [1.82, 2.24) is 5.32 Å². The molecule has 4 heteroatoms. The predicted octanol–water partition coefficient (Wildman–Crippen LogP) is 2.27. The number of rotatable bonds is 7. The van der Waals surface area contributed by atoms with Gasteiger partial charge in [-0.1, -0.05) is 31.0 Å². The van der Waals surface area contributed by atoms with E-state index in [4.69, 9.17) is 4.74 Å². The number of aliphatic hydroxyl groups is 1. The van der Waals surface area contributed by atoms with Gasteiger partial charge in [-0.25, -0.2) is 0 Å². The highest BCUT2D eigenvalue weighted by Crippen LogP contribution is 2.29. The first-order valence-corrected chi connectivity index (χ1v) is 7.34. The first-order valence-electron chi connectivity index (χ1n) is 7.34. The Bertz CT molecular complexity index is 413. The second-order valence-corrected chi connectivity index (χ2v) is 5.46. The average Bonchev–Trinajstić information content (AvgIpc) is 2.94. The van der Waals surface area contributed by atoms with Crippen molar-refractivity contribution in [2.45, 2.75) is 44.1 Å². The maximum Gasteiger partial charge on any atom is 0.220 e. The molecule has 0 unspecified atom stereocenters. The van der Waals surface area contributed by atoms with E-state index in [-0.39, 0.29) is 18.1 Å². The van der Waals surface area contributed by atoms with Gasteiger partial charge >= 0.3 is 0 Å². The van der Waals surface area contributed by atoms with Crippen LogP contribution >= 0.6 is 0 Å². The van der Waals surface area contributed by atoms with Gasteiger partial charge in [-0.15, -0.1) is 0 Å². The number of ether oxygens (including phenoxy) is 1. The van der Waals surface area contributed by atoms with Crippen molar-refractivity contribution in [2.24, 2.45) is 0 Å². The molecule has 1 aromatic carbocycles. The van der Waals surface area contributed by atoms with E-state index >= 15 is 0 Å². The molecule has 0 atom stereocenters. The van der Waals surface area contributed by atoms with E-state index in [0.29, 0.717) is 19.4 Å². The lowest BCUT2D eigenvalue weighted by molar-refractivity contribution is -0.123. The highest BCUT2D eigenvalue weighted by Gasteiger charge is 2.34. The molecule has 1 aromatic rings. The minimum atomic E-state index is -0.364. The number of carbonyl (C=O) groups excluding carboxylic acids is 1. The second-order valence-electron chi connectivity index (χ2n) is 5.46. The highest BCUT2D eigenvalue weighted by atomic mass is 16.5. The van der Waals surface area contributed by atoms with Gasteiger partial charge in [0.15, 0.2) is 0 Å². The van der Waals surface area contributed by atoms with Crippen LogP contribution in [0.4, 0.5) is 0 Å². The monoisotopic (exact) mass is 277 g/mol. The lowest BCUT2D eigenvalue weighted by atomic mass is 9.98. The van der Waals surface area contributed by atoms with E-state index in [1.807, 2.05) is 30.3 Å². The molecule has 0 saturated heterocycles. The smallest absolute Gasteiger partial charge is 0.220 e. The Kier molecular flexibility index (Phi) is 5.41. The third-order valence-corrected chi connectivity index (χ3v) is 3.83. The third-order valence-electron chi connectivity index (χ3n) is 3.83. The lowest BCUT2D eigenvalue weighted by Crippen LogP contribution is -2.49. The van der Waals surface area contributed by atoms with Gasteiger partial charge in [0.2, 0.25) is 5.91 Å². The lowest BCUT2D eigenvalue weighted by Gasteiger charge is -2.28. The molecule has 4 nitrogen and oxygen atoms in total. The molecule has 2 N–H and O–H groups in total. The minimum Gasteiger partial charge on any atom is -0.494 e. The van der Waals surface area contributed by atoms with E-state index in [1.165, 1.54) is 0 Å². The number of nitrogens with one attached hydrogen (secondary N) is 1. The first-order chi connectivity index (χ1) is 9.74. The van der Waals surface area contributed by atoms with Crippen LogP contribution in [0, 0.1) is 0 Å². The fourth-order valence-corrected chi connectivity index (χ4v) is 2.67. The van der Waals surface area contributed by atoms with E-state index in [0.717, 1.165) is 31.4 Å². The summed E-state index contributed by atoms with van der Waals surface area (Å²) in [5.41, 5.74) is -0.364. The van der Waals surface area contributed by atoms with Crippen molar-refractivity contribution in [3.63, 3.8) is 0 Å². The van der Waals surface area contributed by atoms with Gasteiger partial charge in [0.1, 0.15) is 5.75 Å². The summed E-state index contributed by atoms with van der Waals surface area (Å²) in [6.45, 7) is 0.572. The van der Waals surface area contributed by atoms with Crippen LogP contribution in [0.2, 0.25) is 0 Å². The number of benzene rings is 1. The maximum atomic E-state index is 11.9. The molecule has 1 aliphatic carbocycles. The van der Waals surface area contributed by atoms with Crippen molar-refractivity contribution in [1.29, 1.82) is 0 Å². The predicted molar refractivity (Wildman–Crippen MR) is 77.6 cm³/mol. The molecule has 0 heterocycles. The number of carbonyl (C=O) groups is 1. The van der Waals surface area contributed by atoms with Crippen molar-refractivity contribution >= 4 is 5.91 Å². The Morgan fingerprint density at radius 3 is 2.60 bits per heavy atom. The van der Waals surface area contributed by atoms with Crippen LogP contribution in [0.5, 0.6) is 5.75 Å². The molecule has 0 spiro atoms. The first kappa shape index (κ1) is 14.9. The summed E-state index contributed by atoms with van der Waals surface area (Å²) in [6, 6.07) is 9.59. The number of amides is 1. The summed E-state index contributed by atoms with van der Waals surface area (Å²) in [5, 5.41) is 12.4. The van der Waals surface area contributed by atoms with Crippen LogP contribution in [-0.2, 0) is 4.79 Å². The molecule has 1 aliphatic rings. The molecule has 0 aromatic heterocycles. The normalized spacial score (nSPS) is 16.9. The molecule has 1 saturated carbocycles. The Morgan fingerprint density at radius 1 is 1.25 bits per heavy atom. The van der Waals surface area contributed by atoms with Crippen LogP contribution in [0.1, 0.15) is 38.5 Å². The maximum absolute atomic E-state index is 11.9. The number of hydrogen-bond acceptors (Lipinski definition) is 3. The zero-order valence-electron chi connectivity index (χ0n) is 11.8. The molecule has 0 bridgehead atoms. The Balaban J connectivity index is 1.65. The van der Waals surface area contributed by atoms with Crippen LogP contribution < -0.4 is 10.1 Å². The van der Waals surface area contributed by atoms with Crippen LogP contribution in [-0.4, -0.2) is 29.8 Å². The Labute approximate surface area is 120 Å². The van der Waals surface area contributed by atoms with Gasteiger partial charge in [-0.05, 0) is 31.4 Å². The zero-order valence-corrected chi connectivity index (χ0v) is 11.8. The molecule has 20 heavy (non-hydrogen) atoms. The van der Waals surface area contributed by atoms with Crippen LogP contribution in [0.15, 0.2) is 30.3 Å². The number of para-hydroxylation sites is 1. The SMILES string of the molecule is O=C(CCCOc1ccccc1)NC1(CO)CCCC1. The van der Waals surface area contributed by atoms with E-state index in [1.54, 1.807) is 0 Å². The summed E-state index contributed by atoms with van der Waals surface area (Å²) in [5.74, 6) is 0.841. The minimum absolute atomic E-state index is 0.0117. The Hall–Kier alpha value is -1.55. The van der Waals surface area contributed by atoms with Gasteiger partial charge < -0.3 is 15.2 Å².